The Hall–Kier alpha value is -0.960. The standard InChI is InChI=1S/C24H19NS6/c1-26-21-22(27-2)31-24(30-21)23-28-19-14-13-18(15-20(19)29-23)25(16-9-5-3-6-10-16)17-11-7-4-8-12-17/h3-15H,1-2H3. The van der Waals surface area contributed by atoms with Crippen LogP contribution in [0.5, 0.6) is 0 Å². The summed E-state index contributed by atoms with van der Waals surface area (Å²) in [6, 6.07) is 28.0. The second kappa shape index (κ2) is 9.89. The molecule has 0 radical (unpaired) electrons. The van der Waals surface area contributed by atoms with E-state index >= 15 is 0 Å². The Balaban J connectivity index is 1.48. The first-order valence-corrected chi connectivity index (χ1v) is 15.3. The van der Waals surface area contributed by atoms with E-state index in [1.165, 1.54) is 43.8 Å². The molecule has 0 N–H and O–H groups in total. The van der Waals surface area contributed by atoms with Crippen LogP contribution in [0.25, 0.3) is 0 Å². The quantitative estimate of drug-likeness (QED) is 0.329. The van der Waals surface area contributed by atoms with Gasteiger partial charge in [0.1, 0.15) is 0 Å². The van der Waals surface area contributed by atoms with Crippen LogP contribution in [0.15, 0.2) is 106 Å². The van der Waals surface area contributed by atoms with E-state index in [9.17, 15) is 0 Å². The summed E-state index contributed by atoms with van der Waals surface area (Å²) < 4.78 is 5.68. The van der Waals surface area contributed by atoms with Gasteiger partial charge in [-0.2, -0.15) is 0 Å². The highest BCUT2D eigenvalue weighted by atomic mass is 32.3. The first-order valence-electron chi connectivity index (χ1n) is 9.59. The van der Waals surface area contributed by atoms with Crippen LogP contribution in [-0.4, -0.2) is 12.5 Å². The molecule has 0 bridgehead atoms. The Morgan fingerprint density at radius 3 is 1.61 bits per heavy atom. The largest absolute Gasteiger partial charge is 0.310 e. The Morgan fingerprint density at radius 1 is 0.548 bits per heavy atom. The van der Waals surface area contributed by atoms with Crippen LogP contribution in [0.2, 0.25) is 0 Å². The maximum Gasteiger partial charge on any atom is 0.0717 e. The summed E-state index contributed by atoms with van der Waals surface area (Å²) in [7, 11) is 0. The van der Waals surface area contributed by atoms with Gasteiger partial charge in [-0.3, -0.25) is 0 Å². The highest BCUT2D eigenvalue weighted by Crippen LogP contribution is 2.63. The van der Waals surface area contributed by atoms with Crippen LogP contribution >= 0.6 is 70.6 Å². The van der Waals surface area contributed by atoms with Gasteiger partial charge in [-0.1, -0.05) is 83.4 Å². The lowest BCUT2D eigenvalue weighted by atomic mass is 10.2. The highest BCUT2D eigenvalue weighted by molar-refractivity contribution is 8.41. The van der Waals surface area contributed by atoms with Crippen LogP contribution < -0.4 is 4.90 Å². The third-order valence-corrected chi connectivity index (χ3v) is 13.0. The summed E-state index contributed by atoms with van der Waals surface area (Å²) in [4.78, 5) is 5.02. The molecule has 0 atom stereocenters. The van der Waals surface area contributed by atoms with Crippen molar-refractivity contribution in [2.75, 3.05) is 17.4 Å². The fourth-order valence-electron chi connectivity index (χ4n) is 3.31. The van der Waals surface area contributed by atoms with Crippen molar-refractivity contribution in [2.45, 2.75) is 9.79 Å². The summed E-state index contributed by atoms with van der Waals surface area (Å²) in [6.07, 6.45) is 4.34. The molecule has 2 heterocycles. The SMILES string of the molecule is CSC1=C(SC)SC(=C2Sc3ccc(N(c4ccccc4)c4ccccc4)cc3S2)S1. The van der Waals surface area contributed by atoms with Gasteiger partial charge in [0.2, 0.25) is 0 Å². The summed E-state index contributed by atoms with van der Waals surface area (Å²) in [5.41, 5.74) is 3.53. The van der Waals surface area contributed by atoms with E-state index in [2.05, 4.69) is 96.3 Å². The molecule has 2 aliphatic heterocycles. The van der Waals surface area contributed by atoms with E-state index in [1.807, 2.05) is 70.6 Å². The third kappa shape index (κ3) is 4.59. The smallest absolute Gasteiger partial charge is 0.0717 e. The number of nitrogens with zero attached hydrogens (tertiary/aromatic N) is 1. The molecule has 0 aromatic heterocycles. The van der Waals surface area contributed by atoms with Crippen LogP contribution in [0.3, 0.4) is 0 Å². The average molecular weight is 514 g/mol. The summed E-state index contributed by atoms with van der Waals surface area (Å²) in [5.74, 6) is 0. The average Bonchev–Trinajstić information content (AvgIpc) is 3.44. The number of benzene rings is 3. The molecule has 156 valence electrons. The first-order chi connectivity index (χ1) is 15.3. The van der Waals surface area contributed by atoms with Crippen LogP contribution in [0, 0.1) is 0 Å². The molecule has 0 spiro atoms. The lowest BCUT2D eigenvalue weighted by Crippen LogP contribution is -2.09. The number of thioether (sulfide) groups is 6. The Labute approximate surface area is 209 Å². The Morgan fingerprint density at radius 2 is 1.06 bits per heavy atom. The van der Waals surface area contributed by atoms with Gasteiger partial charge in [-0.15, -0.1) is 23.5 Å². The number of anilines is 3. The molecule has 0 aliphatic carbocycles. The highest BCUT2D eigenvalue weighted by Gasteiger charge is 2.28. The number of fused-ring (bicyclic) bond motifs is 1. The van der Waals surface area contributed by atoms with Crippen LogP contribution in [0.4, 0.5) is 17.1 Å². The van der Waals surface area contributed by atoms with Gasteiger partial charge >= 0.3 is 0 Å². The molecule has 7 heteroatoms. The molecular formula is C24H19NS6. The number of hydrogen-bond acceptors (Lipinski definition) is 7. The van der Waals surface area contributed by atoms with Crippen molar-refractivity contribution >= 4 is 87.6 Å². The molecule has 3 aromatic rings. The van der Waals surface area contributed by atoms with Gasteiger partial charge in [0.25, 0.3) is 0 Å². The predicted molar refractivity (Wildman–Crippen MR) is 149 cm³/mol. The van der Waals surface area contributed by atoms with E-state index in [-0.39, 0.29) is 0 Å². The zero-order valence-electron chi connectivity index (χ0n) is 16.9. The van der Waals surface area contributed by atoms with E-state index < -0.39 is 0 Å². The fourth-order valence-corrected chi connectivity index (χ4v) is 11.1. The number of rotatable bonds is 5. The fraction of sp³-hybridized carbons (Fsp3) is 0.0833. The van der Waals surface area contributed by atoms with Gasteiger partial charge in [0.15, 0.2) is 0 Å². The van der Waals surface area contributed by atoms with Crippen molar-refractivity contribution in [3.05, 3.63) is 95.8 Å². The lowest BCUT2D eigenvalue weighted by molar-refractivity contribution is 1.21. The van der Waals surface area contributed by atoms with Gasteiger partial charge in [-0.05, 0) is 55.0 Å². The molecule has 0 saturated carbocycles. The summed E-state index contributed by atoms with van der Waals surface area (Å²) >= 11 is 11.4. The molecule has 2 aliphatic rings. The number of hydrogen-bond donors (Lipinski definition) is 0. The van der Waals surface area contributed by atoms with Gasteiger partial charge < -0.3 is 4.90 Å². The topological polar surface area (TPSA) is 3.24 Å². The van der Waals surface area contributed by atoms with Crippen molar-refractivity contribution in [2.24, 2.45) is 0 Å². The minimum absolute atomic E-state index is 1.17. The van der Waals surface area contributed by atoms with Gasteiger partial charge in [-0.25, -0.2) is 0 Å². The van der Waals surface area contributed by atoms with Gasteiger partial charge in [0.05, 0.1) is 16.9 Å². The van der Waals surface area contributed by atoms with E-state index in [0.717, 1.165) is 0 Å². The second-order valence-corrected chi connectivity index (χ2v) is 13.4. The number of para-hydroxylation sites is 2. The first kappa shape index (κ1) is 21.9. The Kier molecular flexibility index (Phi) is 6.98. The maximum atomic E-state index is 2.34. The van der Waals surface area contributed by atoms with Crippen molar-refractivity contribution in [3.8, 4) is 0 Å². The zero-order chi connectivity index (χ0) is 21.2. The minimum Gasteiger partial charge on any atom is -0.310 e. The van der Waals surface area contributed by atoms with Crippen molar-refractivity contribution in [3.63, 3.8) is 0 Å². The van der Waals surface area contributed by atoms with Gasteiger partial charge in [0, 0.05) is 26.9 Å². The molecule has 5 rings (SSSR count). The third-order valence-electron chi connectivity index (χ3n) is 4.69. The van der Waals surface area contributed by atoms with E-state index in [1.54, 1.807) is 0 Å². The molecule has 0 fully saturated rings. The van der Waals surface area contributed by atoms with Crippen molar-refractivity contribution in [1.29, 1.82) is 0 Å². The molecule has 3 aromatic carbocycles. The lowest BCUT2D eigenvalue weighted by Gasteiger charge is -2.25. The summed E-state index contributed by atoms with van der Waals surface area (Å²) in [5, 5.41) is 0. The maximum absolute atomic E-state index is 2.34. The Bertz CT molecular complexity index is 1100. The van der Waals surface area contributed by atoms with E-state index in [4.69, 9.17) is 0 Å². The minimum atomic E-state index is 1.17. The molecule has 0 unspecified atom stereocenters. The van der Waals surface area contributed by atoms with Crippen LogP contribution in [-0.2, 0) is 0 Å². The predicted octanol–water partition coefficient (Wildman–Crippen LogP) is 9.81. The monoisotopic (exact) mass is 513 g/mol. The van der Waals surface area contributed by atoms with Crippen LogP contribution in [0.1, 0.15) is 0 Å². The molecule has 0 amide bonds. The molecule has 31 heavy (non-hydrogen) atoms. The second-order valence-electron chi connectivity index (χ2n) is 6.60. The normalized spacial score (nSPS) is 15.5. The molecule has 1 nitrogen and oxygen atoms in total. The molecular weight excluding hydrogens is 495 g/mol. The molecule has 0 saturated heterocycles. The van der Waals surface area contributed by atoms with Crippen molar-refractivity contribution in [1.82, 2.24) is 0 Å². The van der Waals surface area contributed by atoms with E-state index in [0.29, 0.717) is 0 Å². The van der Waals surface area contributed by atoms with Crippen molar-refractivity contribution < 1.29 is 0 Å². The summed E-state index contributed by atoms with van der Waals surface area (Å²) in [6.45, 7) is 0. The zero-order valence-corrected chi connectivity index (χ0v) is 21.8.